The quantitative estimate of drug-likeness (QED) is 0.684. The number of thioether (sulfide) groups is 1. The Kier molecular flexibility index (Phi) is 4.85. The van der Waals surface area contributed by atoms with Crippen molar-refractivity contribution in [2.75, 3.05) is 12.4 Å². The standard InChI is InChI=1S/C16H15N3O4S/c1-10(14(20)17-11-5-3-6-12(9-11)21-2)24-16-19-18-15(23-16)13-7-4-8-22-13/h3-10H,1-2H3,(H,17,20)/t10-/m1/s1. The van der Waals surface area contributed by atoms with Crippen molar-refractivity contribution in [3.05, 3.63) is 42.7 Å². The zero-order valence-electron chi connectivity index (χ0n) is 13.1. The lowest BCUT2D eigenvalue weighted by Crippen LogP contribution is -2.22. The summed E-state index contributed by atoms with van der Waals surface area (Å²) in [4.78, 5) is 12.3. The molecule has 24 heavy (non-hydrogen) atoms. The molecular weight excluding hydrogens is 330 g/mol. The maximum absolute atomic E-state index is 12.3. The Balaban J connectivity index is 1.61. The van der Waals surface area contributed by atoms with Crippen molar-refractivity contribution in [2.24, 2.45) is 0 Å². The van der Waals surface area contributed by atoms with Gasteiger partial charge in [0, 0.05) is 11.8 Å². The van der Waals surface area contributed by atoms with Gasteiger partial charge in [-0.15, -0.1) is 10.2 Å². The number of furan rings is 1. The molecule has 8 heteroatoms. The summed E-state index contributed by atoms with van der Waals surface area (Å²) in [7, 11) is 1.57. The van der Waals surface area contributed by atoms with Crippen molar-refractivity contribution in [1.82, 2.24) is 10.2 Å². The smallest absolute Gasteiger partial charge is 0.284 e. The molecule has 2 aromatic heterocycles. The molecule has 0 aliphatic heterocycles. The van der Waals surface area contributed by atoms with E-state index < -0.39 is 5.25 Å². The van der Waals surface area contributed by atoms with Crippen LogP contribution in [0.1, 0.15) is 6.92 Å². The minimum atomic E-state index is -0.416. The third-order valence-corrected chi connectivity index (χ3v) is 4.06. The lowest BCUT2D eigenvalue weighted by Gasteiger charge is -2.10. The minimum absolute atomic E-state index is 0.175. The van der Waals surface area contributed by atoms with E-state index >= 15 is 0 Å². The molecule has 7 nitrogen and oxygen atoms in total. The van der Waals surface area contributed by atoms with Crippen LogP contribution in [0.25, 0.3) is 11.7 Å². The molecule has 1 N–H and O–H groups in total. The summed E-state index contributed by atoms with van der Waals surface area (Å²) in [5.74, 6) is 1.27. The number of carbonyl (C=O) groups excluding carboxylic acids is 1. The van der Waals surface area contributed by atoms with Gasteiger partial charge in [-0.25, -0.2) is 0 Å². The van der Waals surface area contributed by atoms with Gasteiger partial charge in [0.25, 0.3) is 11.1 Å². The minimum Gasteiger partial charge on any atom is -0.497 e. The van der Waals surface area contributed by atoms with Crippen LogP contribution in [0.5, 0.6) is 5.75 Å². The van der Waals surface area contributed by atoms with Gasteiger partial charge in [0.2, 0.25) is 5.91 Å². The molecule has 3 rings (SSSR count). The highest BCUT2D eigenvalue weighted by Crippen LogP contribution is 2.27. The number of aromatic nitrogens is 2. The van der Waals surface area contributed by atoms with E-state index in [4.69, 9.17) is 13.6 Å². The highest BCUT2D eigenvalue weighted by molar-refractivity contribution is 8.00. The second-order valence-electron chi connectivity index (χ2n) is 4.83. The van der Waals surface area contributed by atoms with Gasteiger partial charge >= 0.3 is 0 Å². The molecule has 0 fully saturated rings. The summed E-state index contributed by atoms with van der Waals surface area (Å²) in [6.45, 7) is 1.76. The van der Waals surface area contributed by atoms with E-state index in [1.165, 1.54) is 18.0 Å². The number of rotatable bonds is 6. The maximum Gasteiger partial charge on any atom is 0.284 e. The number of amides is 1. The van der Waals surface area contributed by atoms with Crippen molar-refractivity contribution in [3.63, 3.8) is 0 Å². The van der Waals surface area contributed by atoms with E-state index in [2.05, 4.69) is 15.5 Å². The van der Waals surface area contributed by atoms with Gasteiger partial charge in [-0.2, -0.15) is 0 Å². The predicted molar refractivity (Wildman–Crippen MR) is 88.9 cm³/mol. The Labute approximate surface area is 142 Å². The lowest BCUT2D eigenvalue weighted by atomic mass is 10.3. The van der Waals surface area contributed by atoms with Gasteiger partial charge in [0.1, 0.15) is 5.75 Å². The van der Waals surface area contributed by atoms with Crippen LogP contribution in [0, 0.1) is 0 Å². The average molecular weight is 345 g/mol. The van der Waals surface area contributed by atoms with Gasteiger partial charge < -0.3 is 18.9 Å². The first-order chi connectivity index (χ1) is 11.7. The second kappa shape index (κ2) is 7.22. The van der Waals surface area contributed by atoms with Crippen molar-refractivity contribution in [2.45, 2.75) is 17.4 Å². The molecule has 0 bridgehead atoms. The molecule has 124 valence electrons. The van der Waals surface area contributed by atoms with E-state index in [-0.39, 0.29) is 11.8 Å². The fourth-order valence-corrected chi connectivity index (χ4v) is 2.59. The third kappa shape index (κ3) is 3.77. The van der Waals surface area contributed by atoms with Crippen LogP contribution in [0.3, 0.4) is 0 Å². The first kappa shape index (κ1) is 16.1. The summed E-state index contributed by atoms with van der Waals surface area (Å²) in [6.07, 6.45) is 1.52. The first-order valence-electron chi connectivity index (χ1n) is 7.14. The Hall–Kier alpha value is -2.74. The molecule has 0 saturated heterocycles. The molecule has 1 atom stereocenters. The van der Waals surface area contributed by atoms with Gasteiger partial charge in [-0.05, 0) is 31.2 Å². The van der Waals surface area contributed by atoms with E-state index in [9.17, 15) is 4.79 Å². The molecule has 3 aromatic rings. The van der Waals surface area contributed by atoms with Crippen LogP contribution < -0.4 is 10.1 Å². The van der Waals surface area contributed by atoms with Crippen molar-refractivity contribution < 1.29 is 18.4 Å². The number of methoxy groups -OCH3 is 1. The fourth-order valence-electron chi connectivity index (χ4n) is 1.91. The highest BCUT2D eigenvalue weighted by atomic mass is 32.2. The van der Waals surface area contributed by atoms with Crippen LogP contribution >= 0.6 is 11.8 Å². The summed E-state index contributed by atoms with van der Waals surface area (Å²) in [6, 6.07) is 10.6. The number of benzene rings is 1. The highest BCUT2D eigenvalue weighted by Gasteiger charge is 2.19. The van der Waals surface area contributed by atoms with E-state index in [0.29, 0.717) is 22.4 Å². The average Bonchev–Trinajstić information content (AvgIpc) is 3.26. The number of ether oxygens (including phenoxy) is 1. The molecule has 2 heterocycles. The molecule has 0 spiro atoms. The Bertz CT molecular complexity index is 816. The van der Waals surface area contributed by atoms with Crippen LogP contribution in [0.15, 0.2) is 56.7 Å². The Morgan fingerprint density at radius 2 is 2.17 bits per heavy atom. The predicted octanol–water partition coefficient (Wildman–Crippen LogP) is 3.46. The number of nitrogens with zero attached hydrogens (tertiary/aromatic N) is 2. The SMILES string of the molecule is COc1cccc(NC(=O)[C@@H](C)Sc2nnc(-c3ccco3)o2)c1. The molecule has 0 radical (unpaired) electrons. The summed E-state index contributed by atoms with van der Waals surface area (Å²) >= 11 is 1.17. The van der Waals surface area contributed by atoms with E-state index in [0.717, 1.165) is 0 Å². The van der Waals surface area contributed by atoms with Crippen molar-refractivity contribution in [3.8, 4) is 17.4 Å². The normalized spacial score (nSPS) is 11.9. The molecule has 0 saturated carbocycles. The largest absolute Gasteiger partial charge is 0.497 e. The van der Waals surface area contributed by atoms with Crippen LogP contribution in [-0.2, 0) is 4.79 Å². The summed E-state index contributed by atoms with van der Waals surface area (Å²) in [5.41, 5.74) is 0.661. The van der Waals surface area contributed by atoms with Crippen molar-refractivity contribution >= 4 is 23.4 Å². The van der Waals surface area contributed by atoms with Crippen molar-refractivity contribution in [1.29, 1.82) is 0 Å². The van der Waals surface area contributed by atoms with Crippen LogP contribution in [0.4, 0.5) is 5.69 Å². The number of nitrogens with one attached hydrogen (secondary N) is 1. The number of anilines is 1. The number of carbonyl (C=O) groups is 1. The van der Waals surface area contributed by atoms with E-state index in [1.54, 1.807) is 44.4 Å². The Morgan fingerprint density at radius 3 is 2.92 bits per heavy atom. The zero-order chi connectivity index (χ0) is 16.9. The van der Waals surface area contributed by atoms with Crippen LogP contribution in [0.2, 0.25) is 0 Å². The molecule has 0 aliphatic carbocycles. The zero-order valence-corrected chi connectivity index (χ0v) is 13.9. The van der Waals surface area contributed by atoms with Gasteiger partial charge in [0.05, 0.1) is 18.6 Å². The number of hydrogen-bond acceptors (Lipinski definition) is 7. The lowest BCUT2D eigenvalue weighted by molar-refractivity contribution is -0.115. The maximum atomic E-state index is 12.3. The first-order valence-corrected chi connectivity index (χ1v) is 8.02. The summed E-state index contributed by atoms with van der Waals surface area (Å²) in [5, 5.41) is 10.5. The molecule has 1 amide bonds. The van der Waals surface area contributed by atoms with Gasteiger partial charge in [-0.3, -0.25) is 4.79 Å². The third-order valence-electron chi connectivity index (χ3n) is 3.12. The number of hydrogen-bond donors (Lipinski definition) is 1. The molecule has 1 aromatic carbocycles. The van der Waals surface area contributed by atoms with E-state index in [1.807, 2.05) is 6.07 Å². The van der Waals surface area contributed by atoms with Gasteiger partial charge in [0.15, 0.2) is 5.76 Å². The second-order valence-corrected chi connectivity index (χ2v) is 6.12. The molecule has 0 unspecified atom stereocenters. The molecule has 0 aliphatic rings. The molecular formula is C16H15N3O4S. The monoisotopic (exact) mass is 345 g/mol. The van der Waals surface area contributed by atoms with Gasteiger partial charge in [-0.1, -0.05) is 17.8 Å². The fraction of sp³-hybridized carbons (Fsp3) is 0.188. The Morgan fingerprint density at radius 1 is 1.29 bits per heavy atom. The topological polar surface area (TPSA) is 90.4 Å². The van der Waals surface area contributed by atoms with Crippen LogP contribution in [-0.4, -0.2) is 28.5 Å². The summed E-state index contributed by atoms with van der Waals surface area (Å²) < 4.78 is 15.8.